The zero-order valence-corrected chi connectivity index (χ0v) is 11.9. The molecule has 0 bridgehead atoms. The van der Waals surface area contributed by atoms with Gasteiger partial charge in [0, 0.05) is 11.4 Å². The fourth-order valence-corrected chi connectivity index (χ4v) is 1.86. The Morgan fingerprint density at radius 1 is 0.913 bits per heavy atom. The molecule has 0 fully saturated rings. The Balaban J connectivity index is 1.74. The summed E-state index contributed by atoms with van der Waals surface area (Å²) in [6, 6.07) is 14.8. The molecule has 1 heterocycles. The molecule has 6 nitrogen and oxygen atoms in total. The van der Waals surface area contributed by atoms with E-state index in [1.807, 2.05) is 0 Å². The SMILES string of the molecule is N#Cc1ccc(Nc2nncc(Nc3ccc(F)cc3)n2)cc1. The van der Waals surface area contributed by atoms with E-state index in [1.165, 1.54) is 18.3 Å². The first-order chi connectivity index (χ1) is 11.2. The van der Waals surface area contributed by atoms with Gasteiger partial charge in [0.05, 0.1) is 17.8 Å². The molecule has 0 saturated heterocycles. The lowest BCUT2D eigenvalue weighted by Gasteiger charge is -2.07. The Kier molecular flexibility index (Phi) is 4.07. The van der Waals surface area contributed by atoms with Crippen LogP contribution >= 0.6 is 0 Å². The van der Waals surface area contributed by atoms with Crippen molar-refractivity contribution >= 4 is 23.1 Å². The molecule has 0 aliphatic heterocycles. The molecular formula is C16H11FN6. The lowest BCUT2D eigenvalue weighted by atomic mass is 10.2. The zero-order chi connectivity index (χ0) is 16.1. The van der Waals surface area contributed by atoms with E-state index in [-0.39, 0.29) is 5.82 Å². The van der Waals surface area contributed by atoms with Crippen molar-refractivity contribution in [3.05, 3.63) is 66.1 Å². The monoisotopic (exact) mass is 306 g/mol. The molecule has 0 saturated carbocycles. The third-order valence-electron chi connectivity index (χ3n) is 2.95. The van der Waals surface area contributed by atoms with E-state index in [2.05, 4.69) is 31.9 Å². The Morgan fingerprint density at radius 2 is 1.57 bits per heavy atom. The lowest BCUT2D eigenvalue weighted by molar-refractivity contribution is 0.628. The highest BCUT2D eigenvalue weighted by molar-refractivity contribution is 5.59. The number of nitriles is 1. The van der Waals surface area contributed by atoms with Gasteiger partial charge in [-0.2, -0.15) is 15.3 Å². The lowest BCUT2D eigenvalue weighted by Crippen LogP contribution is -2.02. The van der Waals surface area contributed by atoms with Gasteiger partial charge in [-0.15, -0.1) is 5.10 Å². The Labute approximate surface area is 131 Å². The average molecular weight is 306 g/mol. The first-order valence-corrected chi connectivity index (χ1v) is 6.72. The molecule has 2 aromatic carbocycles. The van der Waals surface area contributed by atoms with E-state index in [9.17, 15) is 4.39 Å². The highest BCUT2D eigenvalue weighted by atomic mass is 19.1. The number of hydrogen-bond donors (Lipinski definition) is 2. The predicted molar refractivity (Wildman–Crippen MR) is 83.9 cm³/mol. The van der Waals surface area contributed by atoms with Gasteiger partial charge in [0.15, 0.2) is 5.82 Å². The first kappa shape index (κ1) is 14.4. The third-order valence-corrected chi connectivity index (χ3v) is 2.95. The van der Waals surface area contributed by atoms with Crippen molar-refractivity contribution in [3.8, 4) is 6.07 Å². The number of rotatable bonds is 4. The average Bonchev–Trinajstić information content (AvgIpc) is 2.58. The van der Waals surface area contributed by atoms with Crippen LogP contribution in [0.15, 0.2) is 54.7 Å². The Morgan fingerprint density at radius 3 is 2.26 bits per heavy atom. The molecule has 1 aromatic heterocycles. The van der Waals surface area contributed by atoms with Gasteiger partial charge in [0.25, 0.3) is 0 Å². The quantitative estimate of drug-likeness (QED) is 0.768. The Hall–Kier alpha value is -3.53. The summed E-state index contributed by atoms with van der Waals surface area (Å²) >= 11 is 0. The maximum absolute atomic E-state index is 12.9. The van der Waals surface area contributed by atoms with Crippen molar-refractivity contribution in [2.75, 3.05) is 10.6 Å². The second-order valence-electron chi connectivity index (χ2n) is 4.61. The number of nitrogens with one attached hydrogen (secondary N) is 2. The van der Waals surface area contributed by atoms with E-state index in [0.717, 1.165) is 5.69 Å². The van der Waals surface area contributed by atoms with Crippen LogP contribution in [0.5, 0.6) is 0 Å². The van der Waals surface area contributed by atoms with Crippen LogP contribution in [-0.4, -0.2) is 15.2 Å². The van der Waals surface area contributed by atoms with Gasteiger partial charge in [-0.25, -0.2) is 4.39 Å². The molecule has 0 amide bonds. The van der Waals surface area contributed by atoms with E-state index in [0.29, 0.717) is 23.0 Å². The van der Waals surface area contributed by atoms with Gasteiger partial charge in [0.1, 0.15) is 5.82 Å². The van der Waals surface area contributed by atoms with Gasteiger partial charge in [0.2, 0.25) is 5.95 Å². The number of aromatic nitrogens is 3. The predicted octanol–water partition coefficient (Wildman–Crippen LogP) is 3.37. The van der Waals surface area contributed by atoms with Gasteiger partial charge < -0.3 is 10.6 Å². The molecule has 3 rings (SSSR count). The Bertz CT molecular complexity index is 840. The molecule has 0 aliphatic carbocycles. The summed E-state index contributed by atoms with van der Waals surface area (Å²) in [6.45, 7) is 0. The van der Waals surface area contributed by atoms with Crippen LogP contribution < -0.4 is 10.6 Å². The third kappa shape index (κ3) is 3.77. The van der Waals surface area contributed by atoms with Crippen LogP contribution in [0.2, 0.25) is 0 Å². The van der Waals surface area contributed by atoms with Crippen LogP contribution in [0.25, 0.3) is 0 Å². The maximum Gasteiger partial charge on any atom is 0.249 e. The molecule has 112 valence electrons. The summed E-state index contributed by atoms with van der Waals surface area (Å²) in [7, 11) is 0. The fourth-order valence-electron chi connectivity index (χ4n) is 1.86. The topological polar surface area (TPSA) is 86.5 Å². The molecule has 0 atom stereocenters. The minimum atomic E-state index is -0.306. The summed E-state index contributed by atoms with van der Waals surface area (Å²) in [6.07, 6.45) is 1.47. The van der Waals surface area contributed by atoms with Crippen LogP contribution in [0.3, 0.4) is 0 Å². The summed E-state index contributed by atoms with van der Waals surface area (Å²) in [5.41, 5.74) is 2.00. The van der Waals surface area contributed by atoms with E-state index < -0.39 is 0 Å². The molecule has 7 heteroatoms. The second kappa shape index (κ2) is 6.49. The largest absolute Gasteiger partial charge is 0.339 e. The normalized spacial score (nSPS) is 9.91. The van der Waals surface area contributed by atoms with E-state index >= 15 is 0 Å². The molecule has 0 spiro atoms. The first-order valence-electron chi connectivity index (χ1n) is 6.72. The van der Waals surface area contributed by atoms with Gasteiger partial charge in [-0.3, -0.25) is 0 Å². The fraction of sp³-hybridized carbons (Fsp3) is 0. The molecule has 3 aromatic rings. The van der Waals surface area contributed by atoms with Crippen molar-refractivity contribution in [2.24, 2.45) is 0 Å². The molecular weight excluding hydrogens is 295 g/mol. The zero-order valence-electron chi connectivity index (χ0n) is 11.9. The van der Waals surface area contributed by atoms with Gasteiger partial charge >= 0.3 is 0 Å². The number of hydrogen-bond acceptors (Lipinski definition) is 6. The second-order valence-corrected chi connectivity index (χ2v) is 4.61. The number of nitrogens with zero attached hydrogens (tertiary/aromatic N) is 4. The van der Waals surface area contributed by atoms with E-state index in [1.54, 1.807) is 36.4 Å². The van der Waals surface area contributed by atoms with Crippen LogP contribution in [0.4, 0.5) is 27.5 Å². The van der Waals surface area contributed by atoms with E-state index in [4.69, 9.17) is 5.26 Å². The number of benzene rings is 2. The molecule has 0 unspecified atom stereocenters. The van der Waals surface area contributed by atoms with Crippen LogP contribution in [0.1, 0.15) is 5.56 Å². The van der Waals surface area contributed by atoms with Gasteiger partial charge in [-0.05, 0) is 48.5 Å². The van der Waals surface area contributed by atoms with Crippen molar-refractivity contribution in [1.82, 2.24) is 15.2 Å². The maximum atomic E-state index is 12.9. The van der Waals surface area contributed by atoms with Crippen LogP contribution in [0, 0.1) is 17.1 Å². The summed E-state index contributed by atoms with van der Waals surface area (Å²) < 4.78 is 12.9. The highest BCUT2D eigenvalue weighted by Crippen LogP contribution is 2.17. The number of halogens is 1. The summed E-state index contributed by atoms with van der Waals surface area (Å²) in [5.74, 6) is 0.476. The minimum absolute atomic E-state index is 0.306. The van der Waals surface area contributed by atoms with Crippen molar-refractivity contribution < 1.29 is 4.39 Å². The molecule has 0 aliphatic rings. The smallest absolute Gasteiger partial charge is 0.249 e. The standard InChI is InChI=1S/C16H11FN6/c17-12-3-7-13(8-4-12)20-15-10-19-23-16(22-15)21-14-5-1-11(9-18)2-6-14/h1-8,10H,(H2,20,21,22,23). The molecule has 23 heavy (non-hydrogen) atoms. The molecule has 2 N–H and O–H groups in total. The summed E-state index contributed by atoms with van der Waals surface area (Å²) in [5, 5.41) is 22.5. The van der Waals surface area contributed by atoms with Gasteiger partial charge in [-0.1, -0.05) is 0 Å². The van der Waals surface area contributed by atoms with Crippen molar-refractivity contribution in [2.45, 2.75) is 0 Å². The van der Waals surface area contributed by atoms with Crippen LogP contribution in [-0.2, 0) is 0 Å². The minimum Gasteiger partial charge on any atom is -0.339 e. The molecule has 0 radical (unpaired) electrons. The van der Waals surface area contributed by atoms with Crippen molar-refractivity contribution in [3.63, 3.8) is 0 Å². The highest BCUT2D eigenvalue weighted by Gasteiger charge is 2.02. The summed E-state index contributed by atoms with van der Waals surface area (Å²) in [4.78, 5) is 4.27. The van der Waals surface area contributed by atoms with Crippen molar-refractivity contribution in [1.29, 1.82) is 5.26 Å². The number of anilines is 4.